The minimum Gasteiger partial charge on any atom is -0.481 e. The lowest BCUT2D eigenvalue weighted by atomic mass is 10.1. The van der Waals surface area contributed by atoms with E-state index in [1.54, 1.807) is 48.2 Å². The number of halogens is 1. The van der Waals surface area contributed by atoms with Gasteiger partial charge in [0.05, 0.1) is 30.5 Å². The number of nitrogens with one attached hydrogen (secondary N) is 1. The average Bonchev–Trinajstić information content (AvgIpc) is 2.90. The van der Waals surface area contributed by atoms with Crippen LogP contribution in [0.3, 0.4) is 0 Å². The first-order chi connectivity index (χ1) is 15.5. The van der Waals surface area contributed by atoms with Gasteiger partial charge in [-0.3, -0.25) is 14.5 Å². The van der Waals surface area contributed by atoms with Gasteiger partial charge in [0, 0.05) is 32.8 Å². The standard InChI is InChI=1S/C24H18ClN3O3S/c1-3-4-11-28-19-9-7-17(27-23(29)15-5-10-22(31-2)26-14-15)13-21(19)32-20-12-16(25)6-8-18(20)24(28)30/h5-10,12-14H,11H2,1-2H3,(H,27,29). The van der Waals surface area contributed by atoms with Crippen molar-refractivity contribution in [1.82, 2.24) is 4.98 Å². The molecule has 2 heterocycles. The Labute approximate surface area is 194 Å². The van der Waals surface area contributed by atoms with E-state index in [0.717, 1.165) is 15.5 Å². The van der Waals surface area contributed by atoms with Crippen LogP contribution in [0.2, 0.25) is 5.02 Å². The summed E-state index contributed by atoms with van der Waals surface area (Å²) in [4.78, 5) is 33.1. The predicted molar refractivity (Wildman–Crippen MR) is 126 cm³/mol. The first-order valence-corrected chi connectivity index (χ1v) is 10.8. The number of rotatable bonds is 4. The van der Waals surface area contributed by atoms with Crippen LogP contribution < -0.4 is 15.0 Å². The van der Waals surface area contributed by atoms with Gasteiger partial charge >= 0.3 is 0 Å². The Morgan fingerprint density at radius 1 is 1.19 bits per heavy atom. The highest BCUT2D eigenvalue weighted by Gasteiger charge is 2.27. The molecule has 0 saturated heterocycles. The molecule has 4 rings (SSSR count). The number of nitrogens with zero attached hydrogens (tertiary/aromatic N) is 2. The lowest BCUT2D eigenvalue weighted by molar-refractivity contribution is 0.0985. The molecule has 0 spiro atoms. The number of benzene rings is 2. The first kappa shape index (κ1) is 21.8. The Kier molecular flexibility index (Phi) is 6.35. The molecule has 1 aromatic heterocycles. The van der Waals surface area contributed by atoms with E-state index in [-0.39, 0.29) is 18.4 Å². The molecule has 1 N–H and O–H groups in total. The lowest BCUT2D eigenvalue weighted by Gasteiger charge is -2.21. The van der Waals surface area contributed by atoms with E-state index < -0.39 is 0 Å². The number of amides is 2. The molecule has 0 atom stereocenters. The minimum atomic E-state index is -0.299. The highest BCUT2D eigenvalue weighted by Crippen LogP contribution is 2.43. The SMILES string of the molecule is CC#CCN1C(=O)c2ccc(Cl)cc2Sc2cc(NC(=O)c3ccc(OC)nc3)ccc21. The maximum atomic E-state index is 13.2. The molecule has 0 unspecified atom stereocenters. The summed E-state index contributed by atoms with van der Waals surface area (Å²) in [6, 6.07) is 13.9. The second kappa shape index (κ2) is 9.35. The maximum absolute atomic E-state index is 13.2. The molecular weight excluding hydrogens is 446 g/mol. The van der Waals surface area contributed by atoms with Crippen LogP contribution in [-0.2, 0) is 0 Å². The highest BCUT2D eigenvalue weighted by molar-refractivity contribution is 7.99. The summed E-state index contributed by atoms with van der Waals surface area (Å²) in [5, 5.41) is 3.43. The molecule has 0 aliphatic carbocycles. The second-order valence-corrected chi connectivity index (χ2v) is 8.31. The van der Waals surface area contributed by atoms with Gasteiger partial charge in [-0.15, -0.1) is 5.92 Å². The number of ether oxygens (including phenoxy) is 1. The zero-order valence-electron chi connectivity index (χ0n) is 17.3. The van der Waals surface area contributed by atoms with Crippen LogP contribution in [0.4, 0.5) is 11.4 Å². The Morgan fingerprint density at radius 3 is 2.75 bits per heavy atom. The molecule has 8 heteroatoms. The number of carbonyl (C=O) groups excluding carboxylic acids is 2. The van der Waals surface area contributed by atoms with Gasteiger partial charge in [-0.2, -0.15) is 0 Å². The zero-order valence-corrected chi connectivity index (χ0v) is 18.9. The number of hydrogen-bond donors (Lipinski definition) is 1. The summed E-state index contributed by atoms with van der Waals surface area (Å²) in [6.07, 6.45) is 1.45. The third-order valence-electron chi connectivity index (χ3n) is 4.77. The third kappa shape index (κ3) is 4.42. The molecule has 0 saturated carbocycles. The van der Waals surface area contributed by atoms with Crippen molar-refractivity contribution < 1.29 is 14.3 Å². The first-order valence-electron chi connectivity index (χ1n) is 9.64. The van der Waals surface area contributed by atoms with Crippen molar-refractivity contribution in [3.63, 3.8) is 0 Å². The van der Waals surface area contributed by atoms with Crippen LogP contribution in [-0.4, -0.2) is 30.5 Å². The van der Waals surface area contributed by atoms with E-state index in [9.17, 15) is 9.59 Å². The van der Waals surface area contributed by atoms with Crippen LogP contribution in [0.5, 0.6) is 5.88 Å². The van der Waals surface area contributed by atoms with E-state index in [1.807, 2.05) is 12.1 Å². The molecule has 32 heavy (non-hydrogen) atoms. The van der Waals surface area contributed by atoms with Gasteiger partial charge in [0.1, 0.15) is 0 Å². The van der Waals surface area contributed by atoms with Crippen molar-refractivity contribution >= 4 is 46.6 Å². The van der Waals surface area contributed by atoms with Gasteiger partial charge in [-0.1, -0.05) is 29.3 Å². The second-order valence-electron chi connectivity index (χ2n) is 6.79. The number of hydrogen-bond acceptors (Lipinski definition) is 5. The minimum absolute atomic E-state index is 0.147. The Bertz CT molecular complexity index is 1270. The molecule has 0 bridgehead atoms. The fraction of sp³-hybridized carbons (Fsp3) is 0.125. The Balaban J connectivity index is 1.69. The van der Waals surface area contributed by atoms with Gasteiger partial charge in [0.2, 0.25) is 5.88 Å². The molecule has 2 amide bonds. The van der Waals surface area contributed by atoms with E-state index >= 15 is 0 Å². The normalized spacial score (nSPS) is 12.1. The topological polar surface area (TPSA) is 71.5 Å². The van der Waals surface area contributed by atoms with Crippen molar-refractivity contribution in [3.8, 4) is 17.7 Å². The van der Waals surface area contributed by atoms with Crippen molar-refractivity contribution in [2.75, 3.05) is 23.9 Å². The number of carbonyl (C=O) groups is 2. The summed E-state index contributed by atoms with van der Waals surface area (Å²) < 4.78 is 5.03. The number of pyridine rings is 1. The lowest BCUT2D eigenvalue weighted by Crippen LogP contribution is -2.31. The molecule has 1 aliphatic rings. The molecule has 160 valence electrons. The van der Waals surface area contributed by atoms with Crippen LogP contribution >= 0.6 is 23.4 Å². The summed E-state index contributed by atoms with van der Waals surface area (Å²) >= 11 is 7.61. The Hall–Kier alpha value is -3.47. The number of aromatic nitrogens is 1. The summed E-state index contributed by atoms with van der Waals surface area (Å²) in [5.74, 6) is 5.79. The van der Waals surface area contributed by atoms with Gasteiger partial charge in [-0.05, 0) is 49.4 Å². The van der Waals surface area contributed by atoms with E-state index in [0.29, 0.717) is 27.7 Å². The van der Waals surface area contributed by atoms with E-state index in [4.69, 9.17) is 16.3 Å². The summed E-state index contributed by atoms with van der Waals surface area (Å²) in [5.41, 5.74) is 2.28. The maximum Gasteiger partial charge on any atom is 0.260 e. The van der Waals surface area contributed by atoms with Gasteiger partial charge < -0.3 is 10.1 Å². The van der Waals surface area contributed by atoms with Crippen molar-refractivity contribution in [3.05, 3.63) is 70.9 Å². The summed E-state index contributed by atoms with van der Waals surface area (Å²) in [6.45, 7) is 1.99. The van der Waals surface area contributed by atoms with Gasteiger partial charge in [0.25, 0.3) is 11.8 Å². The van der Waals surface area contributed by atoms with E-state index in [2.05, 4.69) is 22.1 Å². The summed E-state index contributed by atoms with van der Waals surface area (Å²) in [7, 11) is 1.51. The fourth-order valence-corrected chi connectivity index (χ4v) is 4.57. The number of methoxy groups -OCH3 is 1. The Morgan fingerprint density at radius 2 is 2.03 bits per heavy atom. The van der Waals surface area contributed by atoms with Crippen molar-refractivity contribution in [2.45, 2.75) is 16.7 Å². The monoisotopic (exact) mass is 463 g/mol. The highest BCUT2D eigenvalue weighted by atomic mass is 35.5. The van der Waals surface area contributed by atoms with E-state index in [1.165, 1.54) is 25.1 Å². The number of fused-ring (bicyclic) bond motifs is 2. The molecule has 3 aromatic rings. The van der Waals surface area contributed by atoms with Crippen LogP contribution in [0.15, 0.2) is 64.5 Å². The molecule has 1 aliphatic heterocycles. The van der Waals surface area contributed by atoms with Gasteiger partial charge in [-0.25, -0.2) is 4.98 Å². The molecule has 0 fully saturated rings. The van der Waals surface area contributed by atoms with Crippen molar-refractivity contribution in [2.24, 2.45) is 0 Å². The largest absolute Gasteiger partial charge is 0.481 e. The molecule has 6 nitrogen and oxygen atoms in total. The number of anilines is 2. The van der Waals surface area contributed by atoms with Crippen LogP contribution in [0, 0.1) is 11.8 Å². The van der Waals surface area contributed by atoms with Gasteiger partial charge in [0.15, 0.2) is 0 Å². The molecule has 0 radical (unpaired) electrons. The van der Waals surface area contributed by atoms with Crippen molar-refractivity contribution in [1.29, 1.82) is 0 Å². The van der Waals surface area contributed by atoms with Crippen LogP contribution in [0.1, 0.15) is 27.6 Å². The molecule has 2 aromatic carbocycles. The van der Waals surface area contributed by atoms with Crippen LogP contribution in [0.25, 0.3) is 0 Å². The third-order valence-corrected chi connectivity index (χ3v) is 6.11. The molecular formula is C24H18ClN3O3S. The quantitative estimate of drug-likeness (QED) is 0.543. The fourth-order valence-electron chi connectivity index (χ4n) is 3.18. The predicted octanol–water partition coefficient (Wildman–Crippen LogP) is 5.13. The zero-order chi connectivity index (χ0) is 22.7. The smallest absolute Gasteiger partial charge is 0.260 e. The average molecular weight is 464 g/mol.